The van der Waals surface area contributed by atoms with Crippen LogP contribution in [0.3, 0.4) is 0 Å². The third-order valence-electron chi connectivity index (χ3n) is 5.21. The van der Waals surface area contributed by atoms with Crippen molar-refractivity contribution in [2.24, 2.45) is 0 Å². The first-order valence-electron chi connectivity index (χ1n) is 10.7. The number of aliphatic hydroxyl groups excluding tert-OH is 1. The Morgan fingerprint density at radius 3 is 2.68 bits per heavy atom. The maximum absolute atomic E-state index is 12.4. The zero-order chi connectivity index (χ0) is 23.9. The summed E-state index contributed by atoms with van der Waals surface area (Å²) in [7, 11) is 0. The van der Waals surface area contributed by atoms with Crippen LogP contribution in [-0.2, 0) is 6.54 Å². The lowest BCUT2D eigenvalue weighted by Crippen LogP contribution is -2.25. The number of halogens is 2. The number of amides is 1. The van der Waals surface area contributed by atoms with Crippen LogP contribution in [0.2, 0.25) is 10.0 Å². The Hall–Kier alpha value is -3.39. The van der Waals surface area contributed by atoms with Crippen LogP contribution in [-0.4, -0.2) is 32.1 Å². The number of aryl methyl sites for hydroxylation is 1. The monoisotopic (exact) mass is 495 g/mol. The average Bonchev–Trinajstić information content (AvgIpc) is 3.37. The van der Waals surface area contributed by atoms with Gasteiger partial charge in [-0.1, -0.05) is 35.3 Å². The number of carbonyl (C=O) groups is 1. The molecule has 0 aliphatic carbocycles. The Bertz CT molecular complexity index is 1250. The number of nitrogens with zero attached hydrogens (tertiary/aromatic N) is 3. The number of aliphatic hydroxyl groups is 1. The molecule has 2 heterocycles. The molecule has 0 bridgehead atoms. The van der Waals surface area contributed by atoms with Crippen LogP contribution in [0, 0.1) is 0 Å². The van der Waals surface area contributed by atoms with Gasteiger partial charge in [-0.25, -0.2) is 4.98 Å². The van der Waals surface area contributed by atoms with Crippen molar-refractivity contribution in [2.75, 3.05) is 11.9 Å². The highest BCUT2D eigenvalue weighted by molar-refractivity contribution is 6.33. The largest absolute Gasteiger partial charge is 0.369 e. The number of hydrogen-bond donors (Lipinski definition) is 3. The molecule has 174 valence electrons. The van der Waals surface area contributed by atoms with Crippen molar-refractivity contribution in [3.05, 3.63) is 101 Å². The first kappa shape index (κ1) is 23.8. The van der Waals surface area contributed by atoms with Gasteiger partial charge in [0.1, 0.15) is 0 Å². The zero-order valence-corrected chi connectivity index (χ0v) is 19.7. The number of hydrogen-bond acceptors (Lipinski definition) is 5. The van der Waals surface area contributed by atoms with E-state index in [4.69, 9.17) is 23.2 Å². The minimum atomic E-state index is -1.09. The standard InChI is InChI=1S/C25H23Cl2N5O2/c26-21-8-6-18(15-20(21)23-4-1-2-9-29-23)31-25(34)19-7-5-17(14-22(19)27)24(33)30-10-3-12-32-13-11-28-16-32/h1-2,4-9,11,13-16,25,31,34H,3,10,12H2,(H,30,33). The summed E-state index contributed by atoms with van der Waals surface area (Å²) in [5, 5.41) is 17.5. The van der Waals surface area contributed by atoms with Crippen LogP contribution in [0.5, 0.6) is 0 Å². The highest BCUT2D eigenvalue weighted by Crippen LogP contribution is 2.31. The fourth-order valence-electron chi connectivity index (χ4n) is 3.44. The molecule has 1 amide bonds. The third-order valence-corrected chi connectivity index (χ3v) is 5.86. The quantitative estimate of drug-likeness (QED) is 0.220. The van der Waals surface area contributed by atoms with Gasteiger partial charge in [0, 0.05) is 59.1 Å². The van der Waals surface area contributed by atoms with Crippen LogP contribution in [0.4, 0.5) is 5.69 Å². The summed E-state index contributed by atoms with van der Waals surface area (Å²) in [5.41, 5.74) is 2.99. The maximum atomic E-state index is 12.4. The van der Waals surface area contributed by atoms with Crippen LogP contribution in [0.15, 0.2) is 79.5 Å². The van der Waals surface area contributed by atoms with Crippen molar-refractivity contribution in [1.82, 2.24) is 19.9 Å². The zero-order valence-electron chi connectivity index (χ0n) is 18.2. The van der Waals surface area contributed by atoms with Gasteiger partial charge in [0.25, 0.3) is 5.91 Å². The number of carbonyl (C=O) groups excluding carboxylic acids is 1. The van der Waals surface area contributed by atoms with Gasteiger partial charge < -0.3 is 20.3 Å². The molecule has 0 fully saturated rings. The SMILES string of the molecule is O=C(NCCCn1ccnc1)c1ccc(C(O)Nc2ccc(Cl)c(-c3ccccn3)c2)c(Cl)c1. The molecule has 2 aromatic carbocycles. The van der Waals surface area contributed by atoms with Gasteiger partial charge in [-0.2, -0.15) is 0 Å². The lowest BCUT2D eigenvalue weighted by Gasteiger charge is -2.17. The normalized spacial score (nSPS) is 11.7. The van der Waals surface area contributed by atoms with Gasteiger partial charge in [0.05, 0.1) is 17.0 Å². The molecule has 1 unspecified atom stereocenters. The molecule has 1 atom stereocenters. The molecule has 34 heavy (non-hydrogen) atoms. The molecule has 2 aromatic heterocycles. The van der Waals surface area contributed by atoms with E-state index in [1.54, 1.807) is 49.1 Å². The Balaban J connectivity index is 1.38. The highest BCUT2D eigenvalue weighted by atomic mass is 35.5. The van der Waals surface area contributed by atoms with E-state index in [-0.39, 0.29) is 10.9 Å². The molecular weight excluding hydrogens is 473 g/mol. The minimum Gasteiger partial charge on any atom is -0.369 e. The number of aromatic nitrogens is 3. The van der Waals surface area contributed by atoms with Gasteiger partial charge >= 0.3 is 0 Å². The summed E-state index contributed by atoms with van der Waals surface area (Å²) in [6, 6.07) is 15.7. The lowest BCUT2D eigenvalue weighted by atomic mass is 10.1. The molecule has 0 aliphatic heterocycles. The Morgan fingerprint density at radius 2 is 1.94 bits per heavy atom. The van der Waals surface area contributed by atoms with Gasteiger partial charge in [-0.05, 0) is 48.9 Å². The number of benzene rings is 2. The molecule has 0 spiro atoms. The van der Waals surface area contributed by atoms with Crippen molar-refractivity contribution >= 4 is 34.8 Å². The predicted molar refractivity (Wildman–Crippen MR) is 134 cm³/mol. The second kappa shape index (κ2) is 11.2. The van der Waals surface area contributed by atoms with E-state index in [0.29, 0.717) is 28.4 Å². The predicted octanol–water partition coefficient (Wildman–Crippen LogP) is 5.18. The maximum Gasteiger partial charge on any atom is 0.251 e. The number of pyridine rings is 1. The molecule has 0 aliphatic rings. The molecule has 4 aromatic rings. The van der Waals surface area contributed by atoms with Crippen LogP contribution < -0.4 is 10.6 Å². The molecule has 0 saturated heterocycles. The summed E-state index contributed by atoms with van der Waals surface area (Å²) in [5.74, 6) is -0.223. The second-order valence-corrected chi connectivity index (χ2v) is 8.42. The smallest absolute Gasteiger partial charge is 0.251 e. The second-order valence-electron chi connectivity index (χ2n) is 7.60. The van der Waals surface area contributed by atoms with E-state index >= 15 is 0 Å². The summed E-state index contributed by atoms with van der Waals surface area (Å²) < 4.78 is 1.95. The van der Waals surface area contributed by atoms with Crippen LogP contribution in [0.1, 0.15) is 28.6 Å². The summed E-state index contributed by atoms with van der Waals surface area (Å²) in [4.78, 5) is 20.8. The van der Waals surface area contributed by atoms with Gasteiger partial charge in [0.15, 0.2) is 6.23 Å². The number of rotatable bonds is 9. The Morgan fingerprint density at radius 1 is 1.06 bits per heavy atom. The van der Waals surface area contributed by atoms with E-state index in [9.17, 15) is 9.90 Å². The Labute approximate surface area is 207 Å². The number of anilines is 1. The summed E-state index contributed by atoms with van der Waals surface area (Å²) in [6.07, 6.45) is 6.72. The average molecular weight is 496 g/mol. The molecule has 0 radical (unpaired) electrons. The van der Waals surface area contributed by atoms with Crippen molar-refractivity contribution < 1.29 is 9.90 Å². The van der Waals surface area contributed by atoms with Gasteiger partial charge in [0.2, 0.25) is 0 Å². The van der Waals surface area contributed by atoms with Crippen molar-refractivity contribution in [2.45, 2.75) is 19.2 Å². The molecule has 3 N–H and O–H groups in total. The fourth-order valence-corrected chi connectivity index (χ4v) is 3.94. The molecule has 0 saturated carbocycles. The Kier molecular flexibility index (Phi) is 7.80. The minimum absolute atomic E-state index is 0.223. The van der Waals surface area contributed by atoms with Gasteiger partial charge in [-0.3, -0.25) is 9.78 Å². The highest BCUT2D eigenvalue weighted by Gasteiger charge is 2.15. The van der Waals surface area contributed by atoms with E-state index < -0.39 is 6.23 Å². The van der Waals surface area contributed by atoms with Gasteiger partial charge in [-0.15, -0.1) is 0 Å². The van der Waals surface area contributed by atoms with Crippen molar-refractivity contribution in [3.63, 3.8) is 0 Å². The molecule has 4 rings (SSSR count). The first-order valence-corrected chi connectivity index (χ1v) is 11.5. The van der Waals surface area contributed by atoms with Crippen molar-refractivity contribution in [3.8, 4) is 11.3 Å². The van der Waals surface area contributed by atoms with E-state index in [1.165, 1.54) is 0 Å². The topological polar surface area (TPSA) is 92.1 Å². The van der Waals surface area contributed by atoms with E-state index in [0.717, 1.165) is 24.2 Å². The fraction of sp³-hybridized carbons (Fsp3) is 0.160. The lowest BCUT2D eigenvalue weighted by molar-refractivity contribution is 0.0952. The number of imidazole rings is 1. The van der Waals surface area contributed by atoms with Crippen molar-refractivity contribution in [1.29, 1.82) is 0 Å². The molecule has 7 nitrogen and oxygen atoms in total. The van der Waals surface area contributed by atoms with E-state index in [1.807, 2.05) is 35.0 Å². The van der Waals surface area contributed by atoms with E-state index in [2.05, 4.69) is 20.6 Å². The van der Waals surface area contributed by atoms with Crippen LogP contribution >= 0.6 is 23.2 Å². The first-order chi connectivity index (χ1) is 16.5. The molecular formula is C25H23Cl2N5O2. The van der Waals surface area contributed by atoms with Crippen LogP contribution in [0.25, 0.3) is 11.3 Å². The summed E-state index contributed by atoms with van der Waals surface area (Å²) in [6.45, 7) is 1.29. The number of nitrogens with one attached hydrogen (secondary N) is 2. The summed E-state index contributed by atoms with van der Waals surface area (Å²) >= 11 is 12.7. The third kappa shape index (κ3) is 5.94. The molecule has 9 heteroatoms.